The highest BCUT2D eigenvalue weighted by Crippen LogP contribution is 2.30. The fraction of sp³-hybridized carbons (Fsp3) is 0.211. The number of rotatable bonds is 5. The molecule has 3 N–H and O–H groups in total. The molecule has 0 heterocycles. The van der Waals surface area contributed by atoms with Crippen LogP contribution in [0.1, 0.15) is 35.7 Å². The molecular formula is C19H19N3O3. The van der Waals surface area contributed by atoms with Gasteiger partial charge < -0.3 is 10.4 Å². The minimum atomic E-state index is -0.481. The van der Waals surface area contributed by atoms with Crippen molar-refractivity contribution < 1.29 is 14.7 Å². The lowest BCUT2D eigenvalue weighted by Gasteiger charge is -2.07. The fourth-order valence-corrected chi connectivity index (χ4v) is 2.31. The van der Waals surface area contributed by atoms with Gasteiger partial charge in [0.1, 0.15) is 5.75 Å². The Balaban J connectivity index is 1.62. The van der Waals surface area contributed by atoms with Crippen LogP contribution < -0.4 is 10.7 Å². The Hall–Kier alpha value is -3.15. The summed E-state index contributed by atoms with van der Waals surface area (Å²) in [5.74, 6) is -0.352. The highest BCUT2D eigenvalue weighted by Gasteiger charge is 2.29. The van der Waals surface area contributed by atoms with Gasteiger partial charge in [0.25, 0.3) is 5.91 Å². The Kier molecular flexibility index (Phi) is 4.79. The van der Waals surface area contributed by atoms with Crippen LogP contribution in [0.25, 0.3) is 0 Å². The molecular weight excluding hydrogens is 318 g/mol. The summed E-state index contributed by atoms with van der Waals surface area (Å²) in [5, 5.41) is 16.6. The molecule has 0 aromatic heterocycles. The van der Waals surface area contributed by atoms with Gasteiger partial charge in [-0.1, -0.05) is 24.3 Å². The molecule has 1 fully saturated rings. The maximum atomic E-state index is 12.0. The third kappa shape index (κ3) is 4.23. The SMILES string of the molecule is CC(=NNC(=O)c1ccccc1O)c1ccc(NC(=O)C2CC2)cc1. The number of carbonyl (C=O) groups is 2. The average Bonchev–Trinajstić information content (AvgIpc) is 3.45. The number of anilines is 1. The predicted octanol–water partition coefficient (Wildman–Crippen LogP) is 2.89. The van der Waals surface area contributed by atoms with E-state index in [9.17, 15) is 14.7 Å². The summed E-state index contributed by atoms with van der Waals surface area (Å²) >= 11 is 0. The van der Waals surface area contributed by atoms with Crippen molar-refractivity contribution in [1.82, 2.24) is 5.43 Å². The molecule has 0 aliphatic heterocycles. The van der Waals surface area contributed by atoms with Crippen LogP contribution in [0.15, 0.2) is 53.6 Å². The molecule has 2 aromatic rings. The summed E-state index contributed by atoms with van der Waals surface area (Å²) < 4.78 is 0. The monoisotopic (exact) mass is 337 g/mol. The van der Waals surface area contributed by atoms with Crippen LogP contribution in [0.5, 0.6) is 5.75 Å². The minimum Gasteiger partial charge on any atom is -0.507 e. The highest BCUT2D eigenvalue weighted by atomic mass is 16.3. The smallest absolute Gasteiger partial charge is 0.275 e. The van der Waals surface area contributed by atoms with Crippen molar-refractivity contribution in [3.63, 3.8) is 0 Å². The first-order chi connectivity index (χ1) is 12.0. The second-order valence-electron chi connectivity index (χ2n) is 6.00. The van der Waals surface area contributed by atoms with Gasteiger partial charge in [-0.15, -0.1) is 0 Å². The molecule has 1 saturated carbocycles. The molecule has 2 aromatic carbocycles. The van der Waals surface area contributed by atoms with Crippen LogP contribution in [0.3, 0.4) is 0 Å². The lowest BCUT2D eigenvalue weighted by Crippen LogP contribution is -2.19. The number of hydrogen-bond donors (Lipinski definition) is 3. The fourth-order valence-electron chi connectivity index (χ4n) is 2.31. The molecule has 6 nitrogen and oxygen atoms in total. The number of amides is 2. The molecule has 25 heavy (non-hydrogen) atoms. The van der Waals surface area contributed by atoms with E-state index in [1.807, 2.05) is 12.1 Å². The van der Waals surface area contributed by atoms with Crippen molar-refractivity contribution in [3.05, 3.63) is 59.7 Å². The van der Waals surface area contributed by atoms with E-state index in [0.717, 1.165) is 24.1 Å². The molecule has 0 atom stereocenters. The number of phenolic OH excluding ortho intramolecular Hbond substituents is 1. The van der Waals surface area contributed by atoms with E-state index in [1.54, 1.807) is 31.2 Å². The van der Waals surface area contributed by atoms with Crippen LogP contribution in [0.2, 0.25) is 0 Å². The van der Waals surface area contributed by atoms with E-state index in [0.29, 0.717) is 5.71 Å². The predicted molar refractivity (Wildman–Crippen MR) is 95.6 cm³/mol. The highest BCUT2D eigenvalue weighted by molar-refractivity contribution is 6.02. The summed E-state index contributed by atoms with van der Waals surface area (Å²) in [6, 6.07) is 13.5. The molecule has 0 unspecified atom stereocenters. The normalized spacial score (nSPS) is 14.0. The van der Waals surface area contributed by atoms with Gasteiger partial charge in [0.2, 0.25) is 5.91 Å². The summed E-state index contributed by atoms with van der Waals surface area (Å²) in [4.78, 5) is 23.8. The summed E-state index contributed by atoms with van der Waals surface area (Å²) in [7, 11) is 0. The van der Waals surface area contributed by atoms with Crippen molar-refractivity contribution in [1.29, 1.82) is 0 Å². The van der Waals surface area contributed by atoms with Crippen LogP contribution >= 0.6 is 0 Å². The quantitative estimate of drug-likeness (QED) is 0.579. The van der Waals surface area contributed by atoms with Crippen molar-refractivity contribution in [2.75, 3.05) is 5.32 Å². The number of hydrazone groups is 1. The number of phenols is 1. The van der Waals surface area contributed by atoms with Gasteiger partial charge in [-0.05, 0) is 49.6 Å². The maximum absolute atomic E-state index is 12.0. The second kappa shape index (κ2) is 7.17. The first-order valence-electron chi connectivity index (χ1n) is 8.08. The third-order valence-corrected chi connectivity index (χ3v) is 3.99. The molecule has 1 aliphatic rings. The van der Waals surface area contributed by atoms with Crippen LogP contribution in [0.4, 0.5) is 5.69 Å². The Morgan fingerprint density at radius 2 is 1.76 bits per heavy atom. The van der Waals surface area contributed by atoms with E-state index in [-0.39, 0.29) is 23.1 Å². The largest absolute Gasteiger partial charge is 0.507 e. The Morgan fingerprint density at radius 1 is 1.08 bits per heavy atom. The lowest BCUT2D eigenvalue weighted by molar-refractivity contribution is -0.117. The summed E-state index contributed by atoms with van der Waals surface area (Å²) in [6.45, 7) is 1.77. The van der Waals surface area contributed by atoms with Gasteiger partial charge in [-0.2, -0.15) is 5.10 Å². The van der Waals surface area contributed by atoms with E-state index < -0.39 is 5.91 Å². The molecule has 6 heteroatoms. The van der Waals surface area contributed by atoms with E-state index in [1.165, 1.54) is 12.1 Å². The molecule has 0 saturated heterocycles. The first kappa shape index (κ1) is 16.7. The van der Waals surface area contributed by atoms with Gasteiger partial charge in [0.15, 0.2) is 0 Å². The van der Waals surface area contributed by atoms with Gasteiger partial charge in [-0.25, -0.2) is 5.43 Å². The number of hydrogen-bond acceptors (Lipinski definition) is 4. The first-order valence-corrected chi connectivity index (χ1v) is 8.08. The number of nitrogens with zero attached hydrogens (tertiary/aromatic N) is 1. The van der Waals surface area contributed by atoms with E-state index in [4.69, 9.17) is 0 Å². The van der Waals surface area contributed by atoms with Gasteiger partial charge in [0.05, 0.1) is 11.3 Å². The molecule has 0 bridgehead atoms. The van der Waals surface area contributed by atoms with E-state index >= 15 is 0 Å². The van der Waals surface area contributed by atoms with E-state index in [2.05, 4.69) is 15.8 Å². The molecule has 3 rings (SSSR count). The second-order valence-corrected chi connectivity index (χ2v) is 6.00. The minimum absolute atomic E-state index is 0.0630. The Bertz CT molecular complexity index is 824. The Labute approximate surface area is 145 Å². The van der Waals surface area contributed by atoms with Crippen molar-refractivity contribution >= 4 is 23.2 Å². The molecule has 128 valence electrons. The van der Waals surface area contributed by atoms with Gasteiger partial charge in [-0.3, -0.25) is 9.59 Å². The number of carbonyl (C=O) groups excluding carboxylic acids is 2. The van der Waals surface area contributed by atoms with Crippen LogP contribution in [0, 0.1) is 5.92 Å². The summed E-state index contributed by atoms with van der Waals surface area (Å²) in [5.41, 5.74) is 4.77. The molecule has 2 amide bonds. The zero-order chi connectivity index (χ0) is 17.8. The summed E-state index contributed by atoms with van der Waals surface area (Å²) in [6.07, 6.45) is 1.93. The van der Waals surface area contributed by atoms with Crippen LogP contribution in [-0.4, -0.2) is 22.6 Å². The Morgan fingerprint density at radius 3 is 2.40 bits per heavy atom. The molecule has 0 spiro atoms. The van der Waals surface area contributed by atoms with Gasteiger partial charge >= 0.3 is 0 Å². The van der Waals surface area contributed by atoms with Crippen molar-refractivity contribution in [2.45, 2.75) is 19.8 Å². The van der Waals surface area contributed by atoms with Crippen molar-refractivity contribution in [2.24, 2.45) is 11.0 Å². The number of benzene rings is 2. The molecule has 1 aliphatic carbocycles. The number of aromatic hydroxyl groups is 1. The third-order valence-electron chi connectivity index (χ3n) is 3.99. The average molecular weight is 337 g/mol. The topological polar surface area (TPSA) is 90.8 Å². The zero-order valence-corrected chi connectivity index (χ0v) is 13.8. The maximum Gasteiger partial charge on any atom is 0.275 e. The number of para-hydroxylation sites is 1. The standard InChI is InChI=1S/C19H19N3O3/c1-12(21-22-19(25)16-4-2-3-5-17(16)23)13-8-10-15(11-9-13)20-18(24)14-6-7-14/h2-5,8-11,14,23H,6-7H2,1H3,(H,20,24)(H,22,25). The zero-order valence-electron chi connectivity index (χ0n) is 13.8. The number of nitrogens with one attached hydrogen (secondary N) is 2. The van der Waals surface area contributed by atoms with Crippen molar-refractivity contribution in [3.8, 4) is 5.75 Å². The van der Waals surface area contributed by atoms with Crippen LogP contribution in [-0.2, 0) is 4.79 Å². The lowest BCUT2D eigenvalue weighted by atomic mass is 10.1. The molecule has 0 radical (unpaired) electrons. The van der Waals surface area contributed by atoms with Gasteiger partial charge in [0, 0.05) is 11.6 Å².